The molecule has 2 aliphatic rings. The minimum absolute atomic E-state index is 0.0656. The SMILES string of the molecule is Cc1nn(C)c(C)c1C(=O)N1CCN(c2cc(N3CCOCC3)cnn2)CC1. The molecule has 0 saturated carbocycles. The lowest BCUT2D eigenvalue weighted by Gasteiger charge is -2.36. The van der Waals surface area contributed by atoms with E-state index in [1.54, 1.807) is 4.68 Å². The monoisotopic (exact) mass is 385 g/mol. The minimum atomic E-state index is 0.0656. The fourth-order valence-corrected chi connectivity index (χ4v) is 3.87. The number of aromatic nitrogens is 4. The second kappa shape index (κ2) is 7.75. The van der Waals surface area contributed by atoms with Crippen LogP contribution in [0.5, 0.6) is 0 Å². The van der Waals surface area contributed by atoms with Crippen molar-refractivity contribution >= 4 is 17.4 Å². The van der Waals surface area contributed by atoms with E-state index >= 15 is 0 Å². The van der Waals surface area contributed by atoms with Crippen LogP contribution >= 0.6 is 0 Å². The van der Waals surface area contributed by atoms with Crippen molar-refractivity contribution in [2.75, 3.05) is 62.3 Å². The average Bonchev–Trinajstić information content (AvgIpc) is 3.00. The van der Waals surface area contributed by atoms with E-state index in [1.807, 2.05) is 32.0 Å². The Labute approximate surface area is 164 Å². The number of hydrogen-bond acceptors (Lipinski definition) is 7. The predicted octanol–water partition coefficient (Wildman–Crippen LogP) is 0.626. The first kappa shape index (κ1) is 18.7. The van der Waals surface area contributed by atoms with Gasteiger partial charge in [0.25, 0.3) is 5.91 Å². The Morgan fingerprint density at radius 2 is 1.75 bits per heavy atom. The molecule has 0 spiro atoms. The van der Waals surface area contributed by atoms with Crippen LogP contribution in [0.25, 0.3) is 0 Å². The Hall–Kier alpha value is -2.68. The molecule has 0 unspecified atom stereocenters. The molecule has 28 heavy (non-hydrogen) atoms. The summed E-state index contributed by atoms with van der Waals surface area (Å²) < 4.78 is 7.19. The first-order chi connectivity index (χ1) is 13.5. The average molecular weight is 385 g/mol. The van der Waals surface area contributed by atoms with Gasteiger partial charge in [0.1, 0.15) is 0 Å². The highest BCUT2D eigenvalue weighted by atomic mass is 16.5. The molecule has 0 bridgehead atoms. The summed E-state index contributed by atoms with van der Waals surface area (Å²) in [5.74, 6) is 0.931. The largest absolute Gasteiger partial charge is 0.378 e. The molecule has 0 aromatic carbocycles. The lowest BCUT2D eigenvalue weighted by atomic mass is 10.1. The van der Waals surface area contributed by atoms with Crippen molar-refractivity contribution < 1.29 is 9.53 Å². The van der Waals surface area contributed by atoms with Crippen molar-refractivity contribution in [3.05, 3.63) is 29.2 Å². The van der Waals surface area contributed by atoms with Crippen molar-refractivity contribution in [1.82, 2.24) is 24.9 Å². The van der Waals surface area contributed by atoms with E-state index in [4.69, 9.17) is 4.74 Å². The molecule has 9 heteroatoms. The normalized spacial score (nSPS) is 17.9. The van der Waals surface area contributed by atoms with E-state index in [1.165, 1.54) is 0 Å². The highest BCUT2D eigenvalue weighted by Crippen LogP contribution is 2.22. The van der Waals surface area contributed by atoms with Gasteiger partial charge in [0.05, 0.1) is 36.4 Å². The number of rotatable bonds is 3. The summed E-state index contributed by atoms with van der Waals surface area (Å²) in [6.07, 6.45) is 1.81. The van der Waals surface area contributed by atoms with Crippen LogP contribution in [0.2, 0.25) is 0 Å². The quantitative estimate of drug-likeness (QED) is 0.766. The number of nitrogens with zero attached hydrogens (tertiary/aromatic N) is 7. The summed E-state index contributed by atoms with van der Waals surface area (Å²) in [4.78, 5) is 19.3. The van der Waals surface area contributed by atoms with Gasteiger partial charge in [-0.25, -0.2) is 0 Å². The third-order valence-corrected chi connectivity index (χ3v) is 5.62. The van der Waals surface area contributed by atoms with Gasteiger partial charge in [-0.1, -0.05) is 0 Å². The highest BCUT2D eigenvalue weighted by molar-refractivity contribution is 5.96. The Kier molecular flexibility index (Phi) is 5.17. The Morgan fingerprint density at radius 3 is 2.39 bits per heavy atom. The number of aryl methyl sites for hydroxylation is 2. The van der Waals surface area contributed by atoms with Crippen molar-refractivity contribution in [1.29, 1.82) is 0 Å². The van der Waals surface area contributed by atoms with Gasteiger partial charge in [0.2, 0.25) is 0 Å². The lowest BCUT2D eigenvalue weighted by Crippen LogP contribution is -2.49. The lowest BCUT2D eigenvalue weighted by molar-refractivity contribution is 0.0745. The molecule has 2 saturated heterocycles. The standard InChI is InChI=1S/C19H27N7O2/c1-14-18(15(2)23(3)22-14)19(27)26-6-4-25(5-7-26)17-12-16(13-20-21-17)24-8-10-28-11-9-24/h12-13H,4-11H2,1-3H3. The summed E-state index contributed by atoms with van der Waals surface area (Å²) in [5.41, 5.74) is 3.50. The van der Waals surface area contributed by atoms with Crippen LogP contribution in [0.4, 0.5) is 11.5 Å². The van der Waals surface area contributed by atoms with Gasteiger partial charge in [-0.15, -0.1) is 5.10 Å². The summed E-state index contributed by atoms with van der Waals surface area (Å²) in [5, 5.41) is 12.9. The molecule has 2 aromatic heterocycles. The molecular weight excluding hydrogens is 358 g/mol. The molecule has 1 amide bonds. The third kappa shape index (κ3) is 3.54. The first-order valence-corrected chi connectivity index (χ1v) is 9.74. The van der Waals surface area contributed by atoms with Crippen molar-refractivity contribution in [3.8, 4) is 0 Å². The molecule has 0 aliphatic carbocycles. The molecule has 4 heterocycles. The summed E-state index contributed by atoms with van der Waals surface area (Å²) in [6, 6.07) is 2.09. The molecule has 4 rings (SSSR count). The summed E-state index contributed by atoms with van der Waals surface area (Å²) in [6.45, 7) is 9.87. The molecule has 2 aromatic rings. The Bertz CT molecular complexity index is 852. The zero-order valence-electron chi connectivity index (χ0n) is 16.8. The van der Waals surface area contributed by atoms with Crippen molar-refractivity contribution in [2.24, 2.45) is 7.05 Å². The number of anilines is 2. The van der Waals surface area contributed by atoms with Gasteiger partial charge >= 0.3 is 0 Å². The van der Waals surface area contributed by atoms with Crippen LogP contribution < -0.4 is 9.80 Å². The van der Waals surface area contributed by atoms with E-state index < -0.39 is 0 Å². The molecule has 0 N–H and O–H groups in total. The number of hydrogen-bond donors (Lipinski definition) is 0. The van der Waals surface area contributed by atoms with Crippen molar-refractivity contribution in [3.63, 3.8) is 0 Å². The van der Waals surface area contributed by atoms with Crippen molar-refractivity contribution in [2.45, 2.75) is 13.8 Å². The molecule has 2 aliphatic heterocycles. The number of piperazine rings is 1. The van der Waals surface area contributed by atoms with Gasteiger partial charge in [-0.3, -0.25) is 9.48 Å². The number of morpholine rings is 1. The van der Waals surface area contributed by atoms with Gasteiger partial charge < -0.3 is 19.4 Å². The van der Waals surface area contributed by atoms with Gasteiger partial charge in [-0.05, 0) is 13.8 Å². The smallest absolute Gasteiger partial charge is 0.257 e. The number of carbonyl (C=O) groups is 1. The third-order valence-electron chi connectivity index (χ3n) is 5.62. The van der Waals surface area contributed by atoms with E-state index in [0.29, 0.717) is 13.1 Å². The number of carbonyl (C=O) groups excluding carboxylic acids is 1. The zero-order chi connectivity index (χ0) is 19.7. The van der Waals surface area contributed by atoms with Crippen LogP contribution in [0.15, 0.2) is 12.3 Å². The topological polar surface area (TPSA) is 79.6 Å². The Morgan fingerprint density at radius 1 is 1.04 bits per heavy atom. The minimum Gasteiger partial charge on any atom is -0.378 e. The van der Waals surface area contributed by atoms with Crippen LogP contribution in [-0.4, -0.2) is 83.3 Å². The van der Waals surface area contributed by atoms with E-state index in [0.717, 1.165) is 67.8 Å². The van der Waals surface area contributed by atoms with E-state index in [2.05, 4.69) is 31.2 Å². The molecular formula is C19H27N7O2. The Balaban J connectivity index is 1.42. The molecule has 150 valence electrons. The van der Waals surface area contributed by atoms with E-state index in [9.17, 15) is 4.79 Å². The second-order valence-corrected chi connectivity index (χ2v) is 7.32. The zero-order valence-corrected chi connectivity index (χ0v) is 16.8. The molecule has 0 atom stereocenters. The fraction of sp³-hybridized carbons (Fsp3) is 0.579. The molecule has 0 radical (unpaired) electrons. The first-order valence-electron chi connectivity index (χ1n) is 9.74. The van der Waals surface area contributed by atoms with Crippen LogP contribution in [-0.2, 0) is 11.8 Å². The highest BCUT2D eigenvalue weighted by Gasteiger charge is 2.27. The van der Waals surface area contributed by atoms with Gasteiger partial charge in [-0.2, -0.15) is 10.2 Å². The number of amides is 1. The molecule has 9 nitrogen and oxygen atoms in total. The fourth-order valence-electron chi connectivity index (χ4n) is 3.87. The van der Waals surface area contributed by atoms with Crippen LogP contribution in [0.3, 0.4) is 0 Å². The summed E-state index contributed by atoms with van der Waals surface area (Å²) >= 11 is 0. The van der Waals surface area contributed by atoms with Crippen LogP contribution in [0, 0.1) is 13.8 Å². The summed E-state index contributed by atoms with van der Waals surface area (Å²) in [7, 11) is 1.87. The van der Waals surface area contributed by atoms with Gasteiger partial charge in [0.15, 0.2) is 5.82 Å². The molecule has 2 fully saturated rings. The predicted molar refractivity (Wildman–Crippen MR) is 106 cm³/mol. The maximum atomic E-state index is 13.0. The number of ether oxygens (including phenoxy) is 1. The maximum Gasteiger partial charge on any atom is 0.257 e. The second-order valence-electron chi connectivity index (χ2n) is 7.32. The van der Waals surface area contributed by atoms with Gasteiger partial charge in [0, 0.05) is 58.1 Å². The maximum absolute atomic E-state index is 13.0. The van der Waals surface area contributed by atoms with E-state index in [-0.39, 0.29) is 5.91 Å². The van der Waals surface area contributed by atoms with Crippen LogP contribution in [0.1, 0.15) is 21.7 Å².